The Bertz CT molecular complexity index is 700. The van der Waals surface area contributed by atoms with Gasteiger partial charge in [0.05, 0.1) is 11.8 Å². The molecule has 6 nitrogen and oxygen atoms in total. The van der Waals surface area contributed by atoms with Crippen LogP contribution in [0.25, 0.3) is 0 Å². The quantitative estimate of drug-likeness (QED) is 0.654. The van der Waals surface area contributed by atoms with Gasteiger partial charge in [-0.2, -0.15) is 0 Å². The molecule has 0 spiro atoms. The van der Waals surface area contributed by atoms with E-state index < -0.39 is 6.09 Å². The lowest BCUT2D eigenvalue weighted by Gasteiger charge is -2.17. The number of carbonyl (C=O) groups excluding carboxylic acids is 3. The van der Waals surface area contributed by atoms with Crippen LogP contribution in [-0.4, -0.2) is 35.9 Å². The number of ether oxygens (including phenoxy) is 1. The number of hydrogen-bond donors (Lipinski definition) is 1. The van der Waals surface area contributed by atoms with Gasteiger partial charge in [-0.15, -0.1) is 0 Å². The van der Waals surface area contributed by atoms with Crippen LogP contribution < -0.4 is 5.32 Å². The highest BCUT2D eigenvalue weighted by Gasteiger charge is 2.58. The van der Waals surface area contributed by atoms with E-state index in [9.17, 15) is 14.4 Å². The molecule has 4 rings (SSSR count). The fourth-order valence-corrected chi connectivity index (χ4v) is 4.23. The first kappa shape index (κ1) is 15.9. The van der Waals surface area contributed by atoms with E-state index in [2.05, 4.69) is 17.5 Å². The molecule has 0 radical (unpaired) electrons. The van der Waals surface area contributed by atoms with Crippen LogP contribution in [0.15, 0.2) is 42.5 Å². The van der Waals surface area contributed by atoms with Gasteiger partial charge in [-0.05, 0) is 23.8 Å². The van der Waals surface area contributed by atoms with Gasteiger partial charge in [0.15, 0.2) is 0 Å². The summed E-state index contributed by atoms with van der Waals surface area (Å²) >= 11 is 0. The minimum atomic E-state index is -0.551. The number of hydrogen-bond acceptors (Lipinski definition) is 4. The maximum atomic E-state index is 12.5. The zero-order valence-corrected chi connectivity index (χ0v) is 13.8. The number of nitrogens with one attached hydrogen (secondary N) is 1. The van der Waals surface area contributed by atoms with Crippen LogP contribution in [0.2, 0.25) is 0 Å². The van der Waals surface area contributed by atoms with Crippen molar-refractivity contribution in [2.75, 3.05) is 13.1 Å². The molecule has 2 bridgehead atoms. The minimum Gasteiger partial charge on any atom is -0.445 e. The van der Waals surface area contributed by atoms with Crippen molar-refractivity contribution in [3.05, 3.63) is 48.0 Å². The predicted molar refractivity (Wildman–Crippen MR) is 89.1 cm³/mol. The molecule has 25 heavy (non-hydrogen) atoms. The normalized spacial score (nSPS) is 29.2. The Balaban J connectivity index is 1.25. The van der Waals surface area contributed by atoms with Crippen molar-refractivity contribution < 1.29 is 19.1 Å². The van der Waals surface area contributed by atoms with E-state index in [-0.39, 0.29) is 55.2 Å². The Morgan fingerprint density at radius 1 is 1.08 bits per heavy atom. The maximum Gasteiger partial charge on any atom is 0.407 e. The van der Waals surface area contributed by atoms with Crippen LogP contribution in [0.1, 0.15) is 12.0 Å². The number of imide groups is 1. The number of nitrogens with zero attached hydrogens (tertiary/aromatic N) is 1. The molecule has 1 N–H and O–H groups in total. The van der Waals surface area contributed by atoms with Gasteiger partial charge in [0.1, 0.15) is 6.61 Å². The lowest BCUT2D eigenvalue weighted by molar-refractivity contribution is -0.140. The first-order valence-electron chi connectivity index (χ1n) is 8.63. The molecule has 1 aromatic carbocycles. The number of rotatable bonds is 5. The molecular formula is C19H20N2O4. The molecule has 130 valence electrons. The Labute approximate surface area is 145 Å². The Morgan fingerprint density at radius 2 is 1.72 bits per heavy atom. The topological polar surface area (TPSA) is 75.7 Å². The third-order valence-corrected chi connectivity index (χ3v) is 5.38. The number of fused-ring (bicyclic) bond motifs is 5. The highest BCUT2D eigenvalue weighted by Crippen LogP contribution is 2.52. The molecule has 1 aromatic rings. The summed E-state index contributed by atoms with van der Waals surface area (Å²) in [6.07, 6.45) is 4.51. The Kier molecular flexibility index (Phi) is 4.03. The Morgan fingerprint density at radius 3 is 2.36 bits per heavy atom. The van der Waals surface area contributed by atoms with Gasteiger partial charge in [-0.1, -0.05) is 42.5 Å². The molecule has 4 atom stereocenters. The fraction of sp³-hybridized carbons (Fsp3) is 0.421. The molecule has 3 aliphatic rings. The first-order chi connectivity index (χ1) is 12.1. The van der Waals surface area contributed by atoms with Crippen LogP contribution in [0.4, 0.5) is 4.79 Å². The highest BCUT2D eigenvalue weighted by molar-refractivity contribution is 6.06. The summed E-state index contributed by atoms with van der Waals surface area (Å²) in [5.41, 5.74) is 0.901. The second kappa shape index (κ2) is 6.35. The van der Waals surface area contributed by atoms with Gasteiger partial charge in [0, 0.05) is 13.1 Å². The van der Waals surface area contributed by atoms with Gasteiger partial charge in [-0.3, -0.25) is 14.5 Å². The Hall–Kier alpha value is -2.63. The molecule has 3 amide bonds. The predicted octanol–water partition coefficient (Wildman–Crippen LogP) is 1.72. The zero-order valence-electron chi connectivity index (χ0n) is 13.8. The third kappa shape index (κ3) is 2.81. The van der Waals surface area contributed by atoms with E-state index in [0.717, 1.165) is 12.0 Å². The average Bonchev–Trinajstić information content (AvgIpc) is 3.30. The van der Waals surface area contributed by atoms with Crippen molar-refractivity contribution in [3.63, 3.8) is 0 Å². The standard InChI is InChI=1S/C19H20N2O4/c22-17-15-13-6-7-14(10-13)16(15)18(23)21(17)9-8-20-19(24)25-11-12-4-2-1-3-5-12/h1-7,13-16H,8-11H2,(H,20,24)/t13-,14+,15-,16+. The number of amides is 3. The summed E-state index contributed by atoms with van der Waals surface area (Å²) in [7, 11) is 0. The lowest BCUT2D eigenvalue weighted by Crippen LogP contribution is -2.39. The van der Waals surface area contributed by atoms with Crippen molar-refractivity contribution in [1.82, 2.24) is 10.2 Å². The number of likely N-dealkylation sites (tertiary alicyclic amines) is 1. The van der Waals surface area contributed by atoms with Crippen LogP contribution >= 0.6 is 0 Å². The minimum absolute atomic E-state index is 0.0914. The zero-order chi connectivity index (χ0) is 17.4. The van der Waals surface area contributed by atoms with Crippen molar-refractivity contribution in [2.24, 2.45) is 23.7 Å². The van der Waals surface area contributed by atoms with Crippen molar-refractivity contribution >= 4 is 17.9 Å². The number of carbonyl (C=O) groups is 3. The van der Waals surface area contributed by atoms with E-state index in [1.54, 1.807) is 0 Å². The van der Waals surface area contributed by atoms with E-state index in [4.69, 9.17) is 4.74 Å². The molecule has 6 heteroatoms. The summed E-state index contributed by atoms with van der Waals surface area (Å²) in [4.78, 5) is 38.0. The van der Waals surface area contributed by atoms with E-state index in [1.807, 2.05) is 30.3 Å². The summed E-state index contributed by atoms with van der Waals surface area (Å²) in [5.74, 6) is -0.141. The second-order valence-electron chi connectivity index (χ2n) is 6.82. The average molecular weight is 340 g/mol. The third-order valence-electron chi connectivity index (χ3n) is 5.38. The first-order valence-corrected chi connectivity index (χ1v) is 8.63. The second-order valence-corrected chi connectivity index (χ2v) is 6.82. The lowest BCUT2D eigenvalue weighted by atomic mass is 9.85. The SMILES string of the molecule is O=C(NCCN1C(=O)[C@@H]2[C@H](C1=O)[C@@H]1C=C[C@H]2C1)OCc1ccccc1. The van der Waals surface area contributed by atoms with E-state index >= 15 is 0 Å². The summed E-state index contributed by atoms with van der Waals surface area (Å²) in [6, 6.07) is 9.39. The van der Waals surface area contributed by atoms with Crippen LogP contribution in [0.5, 0.6) is 0 Å². The van der Waals surface area contributed by atoms with Gasteiger partial charge in [0.25, 0.3) is 0 Å². The molecular weight excluding hydrogens is 320 g/mol. The maximum absolute atomic E-state index is 12.5. The van der Waals surface area contributed by atoms with Crippen molar-refractivity contribution in [1.29, 1.82) is 0 Å². The smallest absolute Gasteiger partial charge is 0.407 e. The monoisotopic (exact) mass is 340 g/mol. The van der Waals surface area contributed by atoms with Gasteiger partial charge in [0.2, 0.25) is 11.8 Å². The summed E-state index contributed by atoms with van der Waals surface area (Å²) in [5, 5.41) is 2.60. The van der Waals surface area contributed by atoms with Gasteiger partial charge >= 0.3 is 6.09 Å². The molecule has 0 unspecified atom stereocenters. The molecule has 1 saturated carbocycles. The van der Waals surface area contributed by atoms with E-state index in [1.165, 1.54) is 4.90 Å². The van der Waals surface area contributed by atoms with Crippen LogP contribution in [0.3, 0.4) is 0 Å². The van der Waals surface area contributed by atoms with Crippen LogP contribution in [0, 0.1) is 23.7 Å². The molecule has 2 aliphatic carbocycles. The number of alkyl carbamates (subject to hydrolysis) is 1. The van der Waals surface area contributed by atoms with Crippen molar-refractivity contribution in [3.8, 4) is 0 Å². The van der Waals surface area contributed by atoms with E-state index in [0.29, 0.717) is 0 Å². The van der Waals surface area contributed by atoms with Gasteiger partial charge < -0.3 is 10.1 Å². The number of allylic oxidation sites excluding steroid dienone is 2. The molecule has 0 aromatic heterocycles. The van der Waals surface area contributed by atoms with Crippen LogP contribution in [-0.2, 0) is 20.9 Å². The highest BCUT2D eigenvalue weighted by atomic mass is 16.5. The molecule has 1 aliphatic heterocycles. The molecule has 2 fully saturated rings. The largest absolute Gasteiger partial charge is 0.445 e. The van der Waals surface area contributed by atoms with Gasteiger partial charge in [-0.25, -0.2) is 4.79 Å². The summed E-state index contributed by atoms with van der Waals surface area (Å²) < 4.78 is 5.12. The molecule has 1 heterocycles. The summed E-state index contributed by atoms with van der Waals surface area (Å²) in [6.45, 7) is 0.589. The fourth-order valence-electron chi connectivity index (χ4n) is 4.23. The van der Waals surface area contributed by atoms with Crippen molar-refractivity contribution in [2.45, 2.75) is 13.0 Å². The molecule has 1 saturated heterocycles. The number of benzene rings is 1.